The standard InChI is InChI=1S/C16H23ClN2/c1-11-5-6-12(9-13(11)17)10-18-14-7-8-15(14)19-16(2,3)4/h5-6,9,18-19H,7-8,10H2,1-4H3. The van der Waals surface area contributed by atoms with Gasteiger partial charge in [-0.2, -0.15) is 0 Å². The van der Waals surface area contributed by atoms with Gasteiger partial charge in [-0.25, -0.2) is 0 Å². The third kappa shape index (κ3) is 3.90. The van der Waals surface area contributed by atoms with E-state index >= 15 is 0 Å². The second kappa shape index (κ2) is 5.46. The van der Waals surface area contributed by atoms with Crippen LogP contribution in [-0.4, -0.2) is 5.54 Å². The molecule has 0 bridgehead atoms. The molecule has 0 heterocycles. The zero-order chi connectivity index (χ0) is 14.0. The Morgan fingerprint density at radius 3 is 2.37 bits per heavy atom. The van der Waals surface area contributed by atoms with Crippen LogP contribution in [0.4, 0.5) is 0 Å². The smallest absolute Gasteiger partial charge is 0.0438 e. The van der Waals surface area contributed by atoms with Crippen LogP contribution in [0.1, 0.15) is 44.7 Å². The summed E-state index contributed by atoms with van der Waals surface area (Å²) in [6, 6.07) is 6.24. The molecule has 2 N–H and O–H groups in total. The first kappa shape index (κ1) is 14.3. The van der Waals surface area contributed by atoms with E-state index in [9.17, 15) is 0 Å². The molecule has 19 heavy (non-hydrogen) atoms. The number of allylic oxidation sites excluding steroid dienone is 2. The minimum absolute atomic E-state index is 0.135. The van der Waals surface area contributed by atoms with E-state index in [1.165, 1.54) is 17.0 Å². The molecule has 0 spiro atoms. The molecule has 2 rings (SSSR count). The van der Waals surface area contributed by atoms with E-state index in [0.717, 1.165) is 30.0 Å². The number of hydrogen-bond donors (Lipinski definition) is 2. The van der Waals surface area contributed by atoms with Crippen molar-refractivity contribution in [2.75, 3.05) is 0 Å². The Balaban J connectivity index is 1.95. The second-order valence-corrected chi connectivity index (χ2v) is 6.68. The molecule has 1 aliphatic rings. The van der Waals surface area contributed by atoms with Crippen molar-refractivity contribution in [3.8, 4) is 0 Å². The molecule has 104 valence electrons. The Morgan fingerprint density at radius 1 is 1.16 bits per heavy atom. The SMILES string of the molecule is Cc1ccc(CNC2=C(NC(C)(C)C)CC2)cc1Cl. The van der Waals surface area contributed by atoms with E-state index in [2.05, 4.69) is 43.5 Å². The average Bonchev–Trinajstić information content (AvgIpc) is 2.29. The first-order chi connectivity index (χ1) is 8.85. The zero-order valence-corrected chi connectivity index (χ0v) is 13.0. The lowest BCUT2D eigenvalue weighted by molar-refractivity contribution is 0.436. The largest absolute Gasteiger partial charge is 0.383 e. The maximum atomic E-state index is 6.14. The summed E-state index contributed by atoms with van der Waals surface area (Å²) in [6.07, 6.45) is 2.28. The zero-order valence-electron chi connectivity index (χ0n) is 12.2. The van der Waals surface area contributed by atoms with E-state index < -0.39 is 0 Å². The van der Waals surface area contributed by atoms with Gasteiger partial charge >= 0.3 is 0 Å². The molecule has 0 radical (unpaired) electrons. The van der Waals surface area contributed by atoms with Crippen LogP contribution in [0, 0.1) is 6.92 Å². The van der Waals surface area contributed by atoms with Gasteiger partial charge in [0.2, 0.25) is 0 Å². The molecule has 2 nitrogen and oxygen atoms in total. The summed E-state index contributed by atoms with van der Waals surface area (Å²) in [7, 11) is 0. The summed E-state index contributed by atoms with van der Waals surface area (Å²) in [5, 5.41) is 7.91. The Bertz CT molecular complexity index is 498. The van der Waals surface area contributed by atoms with Crippen molar-refractivity contribution in [2.24, 2.45) is 0 Å². The van der Waals surface area contributed by atoms with E-state index in [4.69, 9.17) is 11.6 Å². The summed E-state index contributed by atoms with van der Waals surface area (Å²) in [5.41, 5.74) is 5.18. The van der Waals surface area contributed by atoms with Gasteiger partial charge in [0, 0.05) is 28.5 Å². The number of hydrogen-bond acceptors (Lipinski definition) is 2. The van der Waals surface area contributed by atoms with Gasteiger partial charge in [-0.05, 0) is 57.7 Å². The summed E-state index contributed by atoms with van der Waals surface area (Å²) >= 11 is 6.14. The predicted octanol–water partition coefficient (Wildman–Crippen LogP) is 4.13. The van der Waals surface area contributed by atoms with Crippen LogP contribution in [0.15, 0.2) is 29.6 Å². The topological polar surface area (TPSA) is 24.1 Å². The highest BCUT2D eigenvalue weighted by Gasteiger charge is 2.21. The molecule has 0 unspecified atom stereocenters. The fourth-order valence-corrected chi connectivity index (χ4v) is 2.32. The van der Waals surface area contributed by atoms with Gasteiger partial charge in [0.1, 0.15) is 0 Å². The van der Waals surface area contributed by atoms with Crippen molar-refractivity contribution in [2.45, 2.75) is 52.6 Å². The van der Waals surface area contributed by atoms with Gasteiger partial charge in [-0.1, -0.05) is 23.7 Å². The van der Waals surface area contributed by atoms with E-state index in [1.807, 2.05) is 13.0 Å². The maximum Gasteiger partial charge on any atom is 0.0438 e. The van der Waals surface area contributed by atoms with Gasteiger partial charge in [0.25, 0.3) is 0 Å². The van der Waals surface area contributed by atoms with Crippen molar-refractivity contribution in [3.63, 3.8) is 0 Å². The lowest BCUT2D eigenvalue weighted by Gasteiger charge is -2.32. The minimum atomic E-state index is 0.135. The Hall–Kier alpha value is -1.15. The van der Waals surface area contributed by atoms with Gasteiger partial charge in [-0.15, -0.1) is 0 Å². The van der Waals surface area contributed by atoms with Crippen LogP contribution in [-0.2, 0) is 6.54 Å². The summed E-state index contributed by atoms with van der Waals surface area (Å²) in [4.78, 5) is 0. The monoisotopic (exact) mass is 278 g/mol. The lowest BCUT2D eigenvalue weighted by atomic mass is 9.97. The van der Waals surface area contributed by atoms with Crippen LogP contribution in [0.3, 0.4) is 0 Å². The van der Waals surface area contributed by atoms with Gasteiger partial charge < -0.3 is 10.6 Å². The molecular formula is C16H23ClN2. The highest BCUT2D eigenvalue weighted by atomic mass is 35.5. The number of rotatable bonds is 4. The lowest BCUT2D eigenvalue weighted by Crippen LogP contribution is -2.40. The van der Waals surface area contributed by atoms with Crippen LogP contribution < -0.4 is 10.6 Å². The third-order valence-electron chi connectivity index (χ3n) is 3.26. The predicted molar refractivity (Wildman–Crippen MR) is 82.2 cm³/mol. The normalized spacial score (nSPS) is 15.2. The van der Waals surface area contributed by atoms with Crippen molar-refractivity contribution < 1.29 is 0 Å². The molecule has 1 aliphatic carbocycles. The average molecular weight is 279 g/mol. The number of benzene rings is 1. The molecule has 0 aliphatic heterocycles. The molecule has 0 atom stereocenters. The van der Waals surface area contributed by atoms with Crippen LogP contribution in [0.2, 0.25) is 5.02 Å². The molecule has 0 saturated heterocycles. The minimum Gasteiger partial charge on any atom is -0.383 e. The Morgan fingerprint density at radius 2 is 1.84 bits per heavy atom. The van der Waals surface area contributed by atoms with Crippen LogP contribution >= 0.6 is 11.6 Å². The van der Waals surface area contributed by atoms with Crippen molar-refractivity contribution in [1.82, 2.24) is 10.6 Å². The number of nitrogens with one attached hydrogen (secondary N) is 2. The molecule has 1 aromatic carbocycles. The van der Waals surface area contributed by atoms with Crippen LogP contribution in [0.25, 0.3) is 0 Å². The molecule has 3 heteroatoms. The van der Waals surface area contributed by atoms with Crippen LogP contribution in [0.5, 0.6) is 0 Å². The molecule has 1 aromatic rings. The van der Waals surface area contributed by atoms with E-state index in [0.29, 0.717) is 0 Å². The van der Waals surface area contributed by atoms with E-state index in [-0.39, 0.29) is 5.54 Å². The first-order valence-electron chi connectivity index (χ1n) is 6.84. The molecule has 0 fully saturated rings. The molecule has 0 aromatic heterocycles. The van der Waals surface area contributed by atoms with E-state index in [1.54, 1.807) is 0 Å². The second-order valence-electron chi connectivity index (χ2n) is 6.27. The third-order valence-corrected chi connectivity index (χ3v) is 3.66. The fraction of sp³-hybridized carbons (Fsp3) is 0.500. The summed E-state index contributed by atoms with van der Waals surface area (Å²) < 4.78 is 0. The quantitative estimate of drug-likeness (QED) is 0.865. The molecular weight excluding hydrogens is 256 g/mol. The van der Waals surface area contributed by atoms with Gasteiger partial charge in [0.15, 0.2) is 0 Å². The van der Waals surface area contributed by atoms with Gasteiger partial charge in [0.05, 0.1) is 0 Å². The number of halogens is 1. The Labute approximate surface area is 121 Å². The highest BCUT2D eigenvalue weighted by Crippen LogP contribution is 2.26. The van der Waals surface area contributed by atoms with Gasteiger partial charge in [-0.3, -0.25) is 0 Å². The summed E-state index contributed by atoms with van der Waals surface area (Å²) in [6.45, 7) is 9.44. The summed E-state index contributed by atoms with van der Waals surface area (Å²) in [5.74, 6) is 0. The molecule has 0 saturated carbocycles. The van der Waals surface area contributed by atoms with Crippen molar-refractivity contribution in [3.05, 3.63) is 45.7 Å². The maximum absolute atomic E-state index is 6.14. The number of aryl methyl sites for hydroxylation is 1. The van der Waals surface area contributed by atoms with Crippen molar-refractivity contribution >= 4 is 11.6 Å². The highest BCUT2D eigenvalue weighted by molar-refractivity contribution is 6.31. The molecule has 0 amide bonds. The van der Waals surface area contributed by atoms with Crippen molar-refractivity contribution in [1.29, 1.82) is 0 Å². The Kier molecular flexibility index (Phi) is 4.10. The first-order valence-corrected chi connectivity index (χ1v) is 7.22. The fourth-order valence-electron chi connectivity index (χ4n) is 2.12.